The molecule has 0 aromatic heterocycles. The van der Waals surface area contributed by atoms with Crippen LogP contribution in [0.2, 0.25) is 0 Å². The number of carbonyl (C=O) groups excluding carboxylic acids is 2. The van der Waals surface area contributed by atoms with Gasteiger partial charge < -0.3 is 10.2 Å². The topological polar surface area (TPSA) is 49.4 Å². The number of hydrogen-bond acceptors (Lipinski definition) is 2. The Morgan fingerprint density at radius 2 is 1.88 bits per heavy atom. The van der Waals surface area contributed by atoms with Crippen LogP contribution in [0, 0.1) is 17.8 Å². The molecular formula is C21H28N2O2. The molecule has 2 heterocycles. The van der Waals surface area contributed by atoms with E-state index in [9.17, 15) is 9.59 Å². The molecule has 4 nitrogen and oxygen atoms in total. The van der Waals surface area contributed by atoms with Crippen LogP contribution in [0.25, 0.3) is 0 Å². The molecule has 1 aliphatic carbocycles. The highest BCUT2D eigenvalue weighted by Gasteiger charge is 2.57. The molecule has 4 heteroatoms. The quantitative estimate of drug-likeness (QED) is 0.920. The lowest BCUT2D eigenvalue weighted by Gasteiger charge is -2.27. The van der Waals surface area contributed by atoms with Crippen molar-refractivity contribution < 1.29 is 9.59 Å². The van der Waals surface area contributed by atoms with Gasteiger partial charge in [0.2, 0.25) is 11.8 Å². The van der Waals surface area contributed by atoms with Crippen molar-refractivity contribution in [3.8, 4) is 0 Å². The number of hydrogen-bond donors (Lipinski definition) is 1. The van der Waals surface area contributed by atoms with Crippen molar-refractivity contribution in [3.63, 3.8) is 0 Å². The summed E-state index contributed by atoms with van der Waals surface area (Å²) in [4.78, 5) is 26.5. The fraction of sp³-hybridized carbons (Fsp3) is 0.619. The molecule has 0 bridgehead atoms. The van der Waals surface area contributed by atoms with Crippen molar-refractivity contribution in [2.45, 2.75) is 44.9 Å². The average Bonchev–Trinajstić information content (AvgIpc) is 3.11. The van der Waals surface area contributed by atoms with Crippen molar-refractivity contribution in [2.75, 3.05) is 19.6 Å². The van der Waals surface area contributed by atoms with Gasteiger partial charge in [-0.3, -0.25) is 9.59 Å². The third-order valence-corrected chi connectivity index (χ3v) is 6.38. The summed E-state index contributed by atoms with van der Waals surface area (Å²) >= 11 is 0. The predicted octanol–water partition coefficient (Wildman–Crippen LogP) is 2.73. The first-order valence-electron chi connectivity index (χ1n) is 9.81. The first-order valence-corrected chi connectivity index (χ1v) is 9.81. The zero-order chi connectivity index (χ0) is 17.4. The Hall–Kier alpha value is -1.84. The maximum atomic E-state index is 12.8. The van der Waals surface area contributed by atoms with E-state index in [1.165, 1.54) is 11.1 Å². The summed E-state index contributed by atoms with van der Waals surface area (Å²) in [6.07, 6.45) is 4.48. The van der Waals surface area contributed by atoms with Crippen LogP contribution < -0.4 is 5.32 Å². The lowest BCUT2D eigenvalue weighted by Crippen LogP contribution is -2.42. The monoisotopic (exact) mass is 340 g/mol. The lowest BCUT2D eigenvalue weighted by atomic mass is 9.97. The van der Waals surface area contributed by atoms with Crippen molar-refractivity contribution in [2.24, 2.45) is 17.8 Å². The Labute approximate surface area is 150 Å². The largest absolute Gasteiger partial charge is 0.355 e. The fourth-order valence-electron chi connectivity index (χ4n) is 4.75. The number of likely N-dealkylation sites (tertiary alicyclic amines) is 1. The lowest BCUT2D eigenvalue weighted by molar-refractivity contribution is -0.135. The minimum absolute atomic E-state index is 0.0240. The Bertz CT molecular complexity index is 642. The summed E-state index contributed by atoms with van der Waals surface area (Å²) in [6.45, 7) is 4.50. The number of piperidine rings is 1. The number of fused-ring (bicyclic) bond motifs is 1. The molecule has 3 aliphatic rings. The van der Waals surface area contributed by atoms with Crippen LogP contribution >= 0.6 is 0 Å². The zero-order valence-electron chi connectivity index (χ0n) is 15.0. The molecule has 0 spiro atoms. The number of amides is 2. The van der Waals surface area contributed by atoms with E-state index in [0.29, 0.717) is 30.7 Å². The van der Waals surface area contributed by atoms with Gasteiger partial charge in [0.15, 0.2) is 0 Å². The Kier molecular flexibility index (Phi) is 4.53. The Balaban J connectivity index is 1.33. The standard InChI is InChI=1S/C21H28N2O2/c1-2-14-7-9-15(10-8-14)20-17-12-23(13-18(17)20)21(25)16-5-3-4-6-19(24)22-11-16/h7-10,16-18,20H,2-6,11-13H2,1H3,(H,22,24)/t16-,17-,18+,20+/m1/s1. The maximum Gasteiger partial charge on any atom is 0.227 e. The van der Waals surface area contributed by atoms with Gasteiger partial charge in [-0.15, -0.1) is 0 Å². The van der Waals surface area contributed by atoms with Crippen molar-refractivity contribution in [1.29, 1.82) is 0 Å². The molecule has 2 saturated heterocycles. The maximum absolute atomic E-state index is 12.8. The molecule has 0 radical (unpaired) electrons. The smallest absolute Gasteiger partial charge is 0.227 e. The van der Waals surface area contributed by atoms with E-state index in [1.54, 1.807) is 0 Å². The summed E-state index contributed by atoms with van der Waals surface area (Å²) in [6, 6.07) is 9.03. The second-order valence-corrected chi connectivity index (χ2v) is 7.94. The van der Waals surface area contributed by atoms with Crippen LogP contribution in [-0.4, -0.2) is 36.3 Å². The van der Waals surface area contributed by atoms with E-state index in [4.69, 9.17) is 0 Å². The van der Waals surface area contributed by atoms with Crippen LogP contribution in [0.3, 0.4) is 0 Å². The van der Waals surface area contributed by atoms with E-state index in [-0.39, 0.29) is 17.7 Å². The highest BCUT2D eigenvalue weighted by atomic mass is 16.2. The van der Waals surface area contributed by atoms with Gasteiger partial charge in [-0.25, -0.2) is 0 Å². The summed E-state index contributed by atoms with van der Waals surface area (Å²) in [5.74, 6) is 2.25. The number of aryl methyl sites for hydroxylation is 1. The number of carbonyl (C=O) groups is 2. The zero-order valence-corrected chi connectivity index (χ0v) is 15.0. The molecule has 2 aliphatic heterocycles. The van der Waals surface area contributed by atoms with Gasteiger partial charge >= 0.3 is 0 Å². The molecule has 1 N–H and O–H groups in total. The van der Waals surface area contributed by atoms with Gasteiger partial charge in [0, 0.05) is 26.1 Å². The van der Waals surface area contributed by atoms with Crippen LogP contribution in [-0.2, 0) is 16.0 Å². The van der Waals surface area contributed by atoms with E-state index >= 15 is 0 Å². The predicted molar refractivity (Wildman–Crippen MR) is 97.1 cm³/mol. The van der Waals surface area contributed by atoms with E-state index in [0.717, 1.165) is 38.8 Å². The van der Waals surface area contributed by atoms with Gasteiger partial charge in [0.1, 0.15) is 0 Å². The van der Waals surface area contributed by atoms with Crippen molar-refractivity contribution >= 4 is 11.8 Å². The van der Waals surface area contributed by atoms with Crippen LogP contribution in [0.4, 0.5) is 0 Å². The number of nitrogens with zero attached hydrogens (tertiary/aromatic N) is 1. The van der Waals surface area contributed by atoms with Crippen LogP contribution in [0.5, 0.6) is 0 Å². The van der Waals surface area contributed by atoms with Gasteiger partial charge in [-0.1, -0.05) is 37.6 Å². The molecule has 25 heavy (non-hydrogen) atoms. The van der Waals surface area contributed by atoms with E-state index in [1.807, 2.05) is 0 Å². The van der Waals surface area contributed by atoms with Crippen molar-refractivity contribution in [3.05, 3.63) is 35.4 Å². The second kappa shape index (κ2) is 6.81. The number of rotatable bonds is 3. The molecule has 4 rings (SSSR count). The van der Waals surface area contributed by atoms with Gasteiger partial charge in [-0.2, -0.15) is 0 Å². The Morgan fingerprint density at radius 1 is 1.16 bits per heavy atom. The molecule has 1 saturated carbocycles. The third kappa shape index (κ3) is 3.31. The molecule has 1 aromatic rings. The van der Waals surface area contributed by atoms with Crippen LogP contribution in [0.15, 0.2) is 24.3 Å². The SMILES string of the molecule is CCc1ccc([C@H]2[C@@H]3CN(C(=O)[C@@H]4CCCCC(=O)NC4)C[C@@H]32)cc1. The Morgan fingerprint density at radius 3 is 2.56 bits per heavy atom. The molecule has 3 fully saturated rings. The van der Waals surface area contributed by atoms with E-state index < -0.39 is 0 Å². The summed E-state index contributed by atoms with van der Waals surface area (Å²) in [5, 5.41) is 2.92. The van der Waals surface area contributed by atoms with E-state index in [2.05, 4.69) is 41.4 Å². The second-order valence-electron chi connectivity index (χ2n) is 7.94. The van der Waals surface area contributed by atoms with Gasteiger partial charge in [-0.05, 0) is 48.1 Å². The highest BCUT2D eigenvalue weighted by molar-refractivity contribution is 5.81. The van der Waals surface area contributed by atoms with Gasteiger partial charge in [0.05, 0.1) is 5.92 Å². The minimum atomic E-state index is -0.0240. The molecule has 0 unspecified atom stereocenters. The fourth-order valence-corrected chi connectivity index (χ4v) is 4.75. The molecule has 2 amide bonds. The number of nitrogens with one attached hydrogen (secondary N) is 1. The van der Waals surface area contributed by atoms with Crippen molar-refractivity contribution in [1.82, 2.24) is 10.2 Å². The molecule has 134 valence electrons. The summed E-state index contributed by atoms with van der Waals surface area (Å²) in [7, 11) is 0. The van der Waals surface area contributed by atoms with Gasteiger partial charge in [0.25, 0.3) is 0 Å². The number of benzene rings is 1. The first kappa shape index (κ1) is 16.6. The van der Waals surface area contributed by atoms with Crippen LogP contribution in [0.1, 0.15) is 49.7 Å². The highest BCUT2D eigenvalue weighted by Crippen LogP contribution is 2.58. The summed E-state index contributed by atoms with van der Waals surface area (Å²) in [5.41, 5.74) is 2.83. The minimum Gasteiger partial charge on any atom is -0.355 e. The third-order valence-electron chi connectivity index (χ3n) is 6.38. The molecule has 1 aromatic carbocycles. The first-order chi connectivity index (χ1) is 12.2. The summed E-state index contributed by atoms with van der Waals surface area (Å²) < 4.78 is 0. The molecular weight excluding hydrogens is 312 g/mol. The normalized spacial score (nSPS) is 31.7. The average molecular weight is 340 g/mol. The molecule has 4 atom stereocenters.